The van der Waals surface area contributed by atoms with Crippen LogP contribution >= 0.6 is 0 Å². The third-order valence-corrected chi connectivity index (χ3v) is 4.00. The van der Waals surface area contributed by atoms with Crippen molar-refractivity contribution in [2.24, 2.45) is 4.99 Å². The van der Waals surface area contributed by atoms with Crippen LogP contribution in [0.2, 0.25) is 0 Å². The highest BCUT2D eigenvalue weighted by molar-refractivity contribution is 5.79. The van der Waals surface area contributed by atoms with Crippen LogP contribution in [0.5, 0.6) is 5.75 Å². The Morgan fingerprint density at radius 1 is 1.22 bits per heavy atom. The second kappa shape index (κ2) is 10.1. The Bertz CT molecular complexity index is 503. The van der Waals surface area contributed by atoms with Gasteiger partial charge in [0.15, 0.2) is 5.96 Å². The van der Waals surface area contributed by atoms with Gasteiger partial charge in [0.2, 0.25) is 0 Å². The van der Waals surface area contributed by atoms with E-state index in [9.17, 15) is 0 Å². The summed E-state index contributed by atoms with van der Waals surface area (Å²) in [5.74, 6) is 1.92. The van der Waals surface area contributed by atoms with Crippen molar-refractivity contribution >= 4 is 5.96 Å². The van der Waals surface area contributed by atoms with Gasteiger partial charge in [0.05, 0.1) is 6.61 Å². The second-order valence-electron chi connectivity index (χ2n) is 5.77. The number of benzene rings is 1. The Hall–Kier alpha value is -1.75. The van der Waals surface area contributed by atoms with Gasteiger partial charge in [-0.1, -0.05) is 12.1 Å². The first-order chi connectivity index (χ1) is 11.3. The fourth-order valence-corrected chi connectivity index (χ4v) is 2.70. The lowest BCUT2D eigenvalue weighted by molar-refractivity contribution is 0.192. The first-order valence-electron chi connectivity index (χ1n) is 8.51. The Labute approximate surface area is 139 Å². The van der Waals surface area contributed by atoms with E-state index in [2.05, 4.69) is 33.8 Å². The number of rotatable bonds is 9. The highest BCUT2D eigenvalue weighted by Crippen LogP contribution is 2.25. The molecular formula is C18H29N3O2. The molecule has 1 aliphatic rings. The summed E-state index contributed by atoms with van der Waals surface area (Å²) in [4.78, 5) is 4.26. The summed E-state index contributed by atoms with van der Waals surface area (Å²) in [7, 11) is 3.56. The van der Waals surface area contributed by atoms with Crippen molar-refractivity contribution in [1.82, 2.24) is 10.6 Å². The molecule has 0 aliphatic carbocycles. The van der Waals surface area contributed by atoms with Crippen molar-refractivity contribution in [2.75, 3.05) is 40.5 Å². The Morgan fingerprint density at radius 3 is 2.91 bits per heavy atom. The lowest BCUT2D eigenvalue weighted by Crippen LogP contribution is -2.38. The molecule has 0 saturated carbocycles. The number of ether oxygens (including phenoxy) is 2. The summed E-state index contributed by atoms with van der Waals surface area (Å²) in [6.45, 7) is 3.49. The van der Waals surface area contributed by atoms with Gasteiger partial charge in [-0.25, -0.2) is 0 Å². The smallest absolute Gasteiger partial charge is 0.190 e. The summed E-state index contributed by atoms with van der Waals surface area (Å²) >= 11 is 0. The maximum absolute atomic E-state index is 5.54. The van der Waals surface area contributed by atoms with Gasteiger partial charge in [0.1, 0.15) is 5.75 Å². The molecule has 128 valence electrons. The van der Waals surface area contributed by atoms with Crippen LogP contribution in [-0.2, 0) is 17.6 Å². The molecular weight excluding hydrogens is 290 g/mol. The van der Waals surface area contributed by atoms with Crippen LogP contribution in [0.25, 0.3) is 0 Å². The lowest BCUT2D eigenvalue weighted by Gasteiger charge is -2.12. The molecule has 0 atom stereocenters. The van der Waals surface area contributed by atoms with E-state index < -0.39 is 0 Å². The van der Waals surface area contributed by atoms with Gasteiger partial charge < -0.3 is 20.1 Å². The predicted octanol–water partition coefficient (Wildman–Crippen LogP) is 2.15. The molecule has 0 spiro atoms. The van der Waals surface area contributed by atoms with Gasteiger partial charge in [-0.15, -0.1) is 0 Å². The van der Waals surface area contributed by atoms with Gasteiger partial charge in [-0.3, -0.25) is 4.99 Å². The van der Waals surface area contributed by atoms with Gasteiger partial charge in [0.25, 0.3) is 0 Å². The molecule has 1 aromatic carbocycles. The van der Waals surface area contributed by atoms with E-state index in [1.807, 2.05) is 7.05 Å². The minimum Gasteiger partial charge on any atom is -0.493 e. The molecule has 1 heterocycles. The minimum atomic E-state index is 0.817. The topological polar surface area (TPSA) is 54.9 Å². The van der Waals surface area contributed by atoms with E-state index >= 15 is 0 Å². The second-order valence-corrected chi connectivity index (χ2v) is 5.77. The summed E-state index contributed by atoms with van der Waals surface area (Å²) in [6, 6.07) is 6.50. The average molecular weight is 319 g/mol. The average Bonchev–Trinajstić information content (AvgIpc) is 3.04. The molecule has 0 saturated heterocycles. The highest BCUT2D eigenvalue weighted by atomic mass is 16.5. The van der Waals surface area contributed by atoms with E-state index in [0.29, 0.717) is 0 Å². The number of hydrogen-bond acceptors (Lipinski definition) is 3. The molecule has 0 unspecified atom stereocenters. The van der Waals surface area contributed by atoms with Crippen LogP contribution in [0.3, 0.4) is 0 Å². The number of fused-ring (bicyclic) bond motifs is 1. The number of unbranched alkanes of at least 4 members (excludes halogenated alkanes) is 2. The minimum absolute atomic E-state index is 0.817. The zero-order valence-electron chi connectivity index (χ0n) is 14.4. The fraction of sp³-hybridized carbons (Fsp3) is 0.611. The van der Waals surface area contributed by atoms with Crippen molar-refractivity contribution in [2.45, 2.75) is 32.1 Å². The zero-order chi connectivity index (χ0) is 16.3. The van der Waals surface area contributed by atoms with Crippen LogP contribution in [0.15, 0.2) is 23.2 Å². The number of nitrogens with one attached hydrogen (secondary N) is 2. The van der Waals surface area contributed by atoms with Crippen LogP contribution in [0, 0.1) is 0 Å². The van der Waals surface area contributed by atoms with Crippen molar-refractivity contribution in [1.29, 1.82) is 0 Å². The zero-order valence-corrected chi connectivity index (χ0v) is 14.4. The van der Waals surface area contributed by atoms with E-state index in [-0.39, 0.29) is 0 Å². The maximum Gasteiger partial charge on any atom is 0.190 e. The molecule has 1 aromatic rings. The molecule has 2 rings (SSSR count). The van der Waals surface area contributed by atoms with Crippen molar-refractivity contribution in [3.8, 4) is 5.75 Å². The monoisotopic (exact) mass is 319 g/mol. The molecule has 1 aliphatic heterocycles. The third kappa shape index (κ3) is 6.10. The molecule has 5 heteroatoms. The molecule has 5 nitrogen and oxygen atoms in total. The Balaban J connectivity index is 1.62. The standard InChI is InChI=1S/C18H29N3O2/c1-19-18(20-10-4-3-5-12-22-2)21-11-8-15-6-7-17-16(14-15)9-13-23-17/h6-7,14H,3-5,8-13H2,1-2H3,(H2,19,20,21). The van der Waals surface area contributed by atoms with Gasteiger partial charge in [-0.2, -0.15) is 0 Å². The number of methoxy groups -OCH3 is 1. The summed E-state index contributed by atoms with van der Waals surface area (Å²) in [6.07, 6.45) is 5.45. The number of hydrogen-bond donors (Lipinski definition) is 2. The molecule has 0 aromatic heterocycles. The quantitative estimate of drug-likeness (QED) is 0.416. The van der Waals surface area contributed by atoms with Crippen molar-refractivity contribution in [3.63, 3.8) is 0 Å². The predicted molar refractivity (Wildman–Crippen MR) is 94.4 cm³/mol. The summed E-state index contributed by atoms with van der Waals surface area (Å²) < 4.78 is 10.6. The van der Waals surface area contributed by atoms with Crippen molar-refractivity contribution in [3.05, 3.63) is 29.3 Å². The molecule has 0 radical (unpaired) electrons. The van der Waals surface area contributed by atoms with E-state index in [4.69, 9.17) is 9.47 Å². The number of guanidine groups is 1. The van der Waals surface area contributed by atoms with Crippen LogP contribution in [-0.4, -0.2) is 46.4 Å². The van der Waals surface area contributed by atoms with E-state index in [1.165, 1.54) is 17.5 Å². The van der Waals surface area contributed by atoms with Crippen molar-refractivity contribution < 1.29 is 9.47 Å². The summed E-state index contributed by atoms with van der Waals surface area (Å²) in [5, 5.41) is 6.72. The Morgan fingerprint density at radius 2 is 2.09 bits per heavy atom. The van der Waals surface area contributed by atoms with Gasteiger partial charge >= 0.3 is 0 Å². The third-order valence-electron chi connectivity index (χ3n) is 4.00. The SMILES string of the molecule is CN=C(NCCCCCOC)NCCc1ccc2c(c1)CCO2. The Kier molecular flexibility index (Phi) is 7.73. The van der Waals surface area contributed by atoms with Gasteiger partial charge in [0, 0.05) is 40.3 Å². The fourth-order valence-electron chi connectivity index (χ4n) is 2.70. The van der Waals surface area contributed by atoms with E-state index in [1.54, 1.807) is 7.11 Å². The lowest BCUT2D eigenvalue weighted by atomic mass is 10.1. The van der Waals surface area contributed by atoms with Crippen LogP contribution in [0.1, 0.15) is 30.4 Å². The van der Waals surface area contributed by atoms with Gasteiger partial charge in [-0.05, 0) is 42.9 Å². The van der Waals surface area contributed by atoms with Crippen LogP contribution in [0.4, 0.5) is 0 Å². The molecule has 2 N–H and O–H groups in total. The molecule has 23 heavy (non-hydrogen) atoms. The normalized spacial score (nSPS) is 13.6. The first-order valence-corrected chi connectivity index (χ1v) is 8.51. The number of aliphatic imine (C=N–C) groups is 1. The number of nitrogens with zero attached hydrogens (tertiary/aromatic N) is 1. The molecule has 0 fully saturated rings. The first kappa shape index (κ1) is 17.6. The molecule has 0 amide bonds. The summed E-state index contributed by atoms with van der Waals surface area (Å²) in [5.41, 5.74) is 2.68. The van der Waals surface area contributed by atoms with E-state index in [0.717, 1.165) is 63.7 Å². The van der Waals surface area contributed by atoms with Crippen LogP contribution < -0.4 is 15.4 Å². The maximum atomic E-state index is 5.54. The molecule has 0 bridgehead atoms. The highest BCUT2D eigenvalue weighted by Gasteiger charge is 2.11. The largest absolute Gasteiger partial charge is 0.493 e.